The third-order valence-electron chi connectivity index (χ3n) is 14.9. The van der Waals surface area contributed by atoms with Crippen LogP contribution in [0.1, 0.15) is 234 Å². The summed E-state index contributed by atoms with van der Waals surface area (Å²) >= 11 is 0. The molecule has 0 radical (unpaired) electrons. The zero-order valence-corrected chi connectivity index (χ0v) is 48.5. The summed E-state index contributed by atoms with van der Waals surface area (Å²) in [7, 11) is 0. The minimum atomic E-state index is -1.20. The number of aryl methyl sites for hydroxylation is 4. The molecular formula is C63H84FN9O9. The molecule has 19 heteroatoms. The summed E-state index contributed by atoms with van der Waals surface area (Å²) in [4.78, 5) is 130. The van der Waals surface area contributed by atoms with Gasteiger partial charge in [0.25, 0.3) is 29.5 Å². The van der Waals surface area contributed by atoms with E-state index in [9.17, 15) is 43.2 Å². The first-order chi connectivity index (χ1) is 39.7. The van der Waals surface area contributed by atoms with E-state index in [2.05, 4.69) is 54.3 Å². The second kappa shape index (κ2) is 32.7. The van der Waals surface area contributed by atoms with Crippen LogP contribution in [0, 0.1) is 5.82 Å². The van der Waals surface area contributed by atoms with Crippen molar-refractivity contribution in [3.8, 4) is 0 Å². The summed E-state index contributed by atoms with van der Waals surface area (Å²) in [6.07, 6.45) is 33.0. The van der Waals surface area contributed by atoms with Gasteiger partial charge in [0, 0.05) is 75.8 Å². The topological polar surface area (TPSA) is 233 Å². The molecule has 1 aliphatic rings. The second-order valence-corrected chi connectivity index (χ2v) is 21.6. The number of aromatic nitrogens is 4. The third kappa shape index (κ3) is 18.2. The minimum Gasteiger partial charge on any atom is -0.351 e. The van der Waals surface area contributed by atoms with Crippen molar-refractivity contribution in [1.82, 2.24) is 18.3 Å². The molecule has 1 aliphatic heterocycles. The summed E-state index contributed by atoms with van der Waals surface area (Å²) in [5.74, 6) is -6.47. The van der Waals surface area contributed by atoms with Crippen molar-refractivity contribution in [2.75, 3.05) is 26.6 Å². The van der Waals surface area contributed by atoms with Gasteiger partial charge in [0.05, 0.1) is 11.3 Å². The van der Waals surface area contributed by atoms with Gasteiger partial charge < -0.3 is 44.9 Å². The van der Waals surface area contributed by atoms with E-state index in [0.717, 1.165) is 134 Å². The molecule has 0 atom stereocenters. The van der Waals surface area contributed by atoms with E-state index in [1.54, 1.807) is 18.3 Å². The van der Waals surface area contributed by atoms with Crippen molar-refractivity contribution in [3.05, 3.63) is 142 Å². The summed E-state index contributed by atoms with van der Waals surface area (Å²) in [5, 5.41) is 12.6. The highest BCUT2D eigenvalue weighted by molar-refractivity contribution is 6.11. The van der Waals surface area contributed by atoms with E-state index >= 15 is 4.39 Å². The fourth-order valence-electron chi connectivity index (χ4n) is 10.1. The number of pyridine rings is 4. The average molecular weight is 1130 g/mol. The Balaban J connectivity index is 1.52. The molecule has 0 unspecified atom stereocenters. The van der Waals surface area contributed by atoms with Gasteiger partial charge in [-0.05, 0) is 37.8 Å². The number of hydrogen-bond acceptors (Lipinski definition) is 9. The first kappa shape index (κ1) is 63.5. The van der Waals surface area contributed by atoms with Crippen LogP contribution in [0.15, 0.2) is 87.0 Å². The maximum Gasteiger partial charge on any atom is 0.261 e. The zero-order valence-electron chi connectivity index (χ0n) is 48.5. The molecule has 5 N–H and O–H groups in total. The first-order valence-corrected chi connectivity index (χ1v) is 30.0. The van der Waals surface area contributed by atoms with Crippen LogP contribution in [0.5, 0.6) is 0 Å². The number of nitrogens with one attached hydrogen (secondary N) is 5. The van der Waals surface area contributed by atoms with Crippen LogP contribution in [-0.2, 0) is 26.2 Å². The number of nitrogens with zero attached hydrogens (tertiary/aromatic N) is 4. The first-order valence-electron chi connectivity index (χ1n) is 30.0. The van der Waals surface area contributed by atoms with Crippen molar-refractivity contribution < 1.29 is 28.4 Å². The van der Waals surface area contributed by atoms with Crippen LogP contribution in [0.4, 0.5) is 32.8 Å². The summed E-state index contributed by atoms with van der Waals surface area (Å²) in [6.45, 7) is 9.74. The average Bonchev–Trinajstić information content (AvgIpc) is 3.65. The Hall–Kier alpha value is -7.70. The van der Waals surface area contributed by atoms with Gasteiger partial charge in [-0.25, -0.2) is 4.39 Å². The van der Waals surface area contributed by atoms with Crippen LogP contribution in [0.3, 0.4) is 0 Å². The summed E-state index contributed by atoms with van der Waals surface area (Å²) in [6, 6.07) is 3.63. The standard InChI is InChI=1S/C63H84FN9O9/c1-5-9-13-17-21-25-32-70-36-45-55(74)51(41-70)67-62(81)47-38-72(34-27-23-19-15-11-7-3)43-53(57(47)76)69-63(82)48-39-73(35-28-24-20-16-12-8-4)42-52(58(48)77)68-61(80)46-37-71(33-26-22-18-14-10-6-2)40-50(56(46)75)66-59(78)44-30-29-31-49(54(44)64)65-60(45)79/h29-31,36-43H,5-28,32-35H2,1-4H3,(H,65,79)(H,66,78)(H,67,81)(H,68,80)(H,69,82). The molecule has 0 saturated heterocycles. The quantitative estimate of drug-likeness (QED) is 0.0299. The molecule has 0 aliphatic carbocycles. The van der Waals surface area contributed by atoms with Crippen molar-refractivity contribution in [1.29, 1.82) is 0 Å². The highest BCUT2D eigenvalue weighted by atomic mass is 19.1. The van der Waals surface area contributed by atoms with Crippen molar-refractivity contribution >= 4 is 58.0 Å². The lowest BCUT2D eigenvalue weighted by atomic mass is 10.1. The van der Waals surface area contributed by atoms with Gasteiger partial charge in [-0.2, -0.15) is 0 Å². The number of rotatable bonds is 28. The Bertz CT molecular complexity index is 3240. The van der Waals surface area contributed by atoms with Crippen LogP contribution >= 0.6 is 0 Å². The minimum absolute atomic E-state index is 0.316. The van der Waals surface area contributed by atoms with E-state index in [0.29, 0.717) is 51.9 Å². The number of unbranched alkanes of at least 4 members (excludes halogenated alkanes) is 20. The normalized spacial score (nSPS) is 12.9. The smallest absolute Gasteiger partial charge is 0.261 e. The Morgan fingerprint density at radius 2 is 0.524 bits per heavy atom. The Kier molecular flexibility index (Phi) is 25.3. The van der Waals surface area contributed by atoms with E-state index in [1.807, 2.05) is 0 Å². The predicted octanol–water partition coefficient (Wildman–Crippen LogP) is 12.5. The second-order valence-electron chi connectivity index (χ2n) is 21.6. The molecule has 0 fully saturated rings. The maximum absolute atomic E-state index is 16.6. The van der Waals surface area contributed by atoms with Gasteiger partial charge in [0.2, 0.25) is 21.7 Å². The molecule has 5 aromatic rings. The summed E-state index contributed by atoms with van der Waals surface area (Å²) < 4.78 is 22.9. The van der Waals surface area contributed by atoms with Gasteiger partial charge >= 0.3 is 0 Å². The largest absolute Gasteiger partial charge is 0.351 e. The molecule has 442 valence electrons. The van der Waals surface area contributed by atoms with Crippen LogP contribution < -0.4 is 48.3 Å². The molecule has 0 spiro atoms. The van der Waals surface area contributed by atoms with Crippen LogP contribution in [0.2, 0.25) is 0 Å². The number of benzene rings is 1. The highest BCUT2D eigenvalue weighted by Gasteiger charge is 2.26. The molecule has 10 bridgehead atoms. The van der Waals surface area contributed by atoms with Crippen LogP contribution in [0.25, 0.3) is 0 Å². The number of carbonyl (C=O) groups is 5. The number of carbonyl (C=O) groups excluding carboxylic acids is 5. The number of hydrogen-bond donors (Lipinski definition) is 5. The molecule has 5 heterocycles. The molecule has 0 saturated carbocycles. The number of anilines is 5. The monoisotopic (exact) mass is 1130 g/mol. The number of amides is 5. The predicted molar refractivity (Wildman–Crippen MR) is 322 cm³/mol. The maximum atomic E-state index is 16.6. The molecule has 82 heavy (non-hydrogen) atoms. The number of fused-ring (bicyclic) bond motifs is 10. The lowest BCUT2D eigenvalue weighted by molar-refractivity contribution is 0.101. The van der Waals surface area contributed by atoms with E-state index in [1.165, 1.54) is 61.7 Å². The number of halogens is 1. The van der Waals surface area contributed by atoms with Crippen molar-refractivity contribution in [3.63, 3.8) is 0 Å². The highest BCUT2D eigenvalue weighted by Crippen LogP contribution is 2.22. The van der Waals surface area contributed by atoms with Gasteiger partial charge in [-0.3, -0.25) is 43.2 Å². The fourth-order valence-corrected chi connectivity index (χ4v) is 10.1. The van der Waals surface area contributed by atoms with Gasteiger partial charge in [-0.15, -0.1) is 0 Å². The lowest BCUT2D eigenvalue weighted by Gasteiger charge is -2.16. The fraction of sp³-hybridized carbons (Fsp3) is 0.508. The zero-order chi connectivity index (χ0) is 59.0. The summed E-state index contributed by atoms with van der Waals surface area (Å²) in [5.41, 5.74) is -8.22. The molecule has 5 amide bonds. The molecule has 18 nitrogen and oxygen atoms in total. The molecule has 4 aromatic heterocycles. The SMILES string of the molecule is CCCCCCCCn1cc2c(=O)c(c1)C(=O)Nc1cn(CCCCCCCC)cc(c1=O)C(=O)Nc1cn(CCCCCCCC)cc(c1=O)C(=O)Nc1cn(CCCCCCCC)cc(c1=O)C(=O)Nc1cccc(c1F)C(=O)N2. The third-order valence-corrected chi connectivity index (χ3v) is 14.9. The van der Waals surface area contributed by atoms with Gasteiger partial charge in [-0.1, -0.05) is 162 Å². The van der Waals surface area contributed by atoms with Crippen LogP contribution in [-0.4, -0.2) is 47.8 Å². The van der Waals surface area contributed by atoms with Gasteiger partial charge in [0.1, 0.15) is 45.0 Å². The van der Waals surface area contributed by atoms with E-state index in [-0.39, 0.29) is 22.7 Å². The van der Waals surface area contributed by atoms with Crippen molar-refractivity contribution in [2.45, 2.75) is 208 Å². The lowest BCUT2D eigenvalue weighted by Crippen LogP contribution is -2.32. The molecule has 6 rings (SSSR count). The Labute approximate surface area is 479 Å². The Morgan fingerprint density at radius 3 is 0.793 bits per heavy atom. The molecular weight excluding hydrogens is 1050 g/mol. The van der Waals surface area contributed by atoms with Gasteiger partial charge in [0.15, 0.2) is 5.82 Å². The Morgan fingerprint density at radius 1 is 0.293 bits per heavy atom. The van der Waals surface area contributed by atoms with E-state index < -0.39 is 90.6 Å². The van der Waals surface area contributed by atoms with Crippen molar-refractivity contribution in [2.24, 2.45) is 0 Å². The van der Waals surface area contributed by atoms with E-state index in [4.69, 9.17) is 0 Å². The molecule has 1 aromatic carbocycles.